The number of ether oxygens (including phenoxy) is 1. The predicted octanol–water partition coefficient (Wildman–Crippen LogP) is 2.31. The molecule has 84 valence electrons. The Bertz CT molecular complexity index is 419. The normalized spacial score (nSPS) is 20.0. The lowest BCUT2D eigenvalue weighted by molar-refractivity contribution is 0.0500. The van der Waals surface area contributed by atoms with Gasteiger partial charge in [-0.3, -0.25) is 0 Å². The van der Waals surface area contributed by atoms with Gasteiger partial charge in [0.2, 0.25) is 0 Å². The number of benzene rings is 1. The molecule has 0 spiro atoms. The van der Waals surface area contributed by atoms with Crippen molar-refractivity contribution in [1.82, 2.24) is 0 Å². The maximum Gasteiger partial charge on any atom is 0.135 e. The van der Waals surface area contributed by atoms with Gasteiger partial charge in [-0.25, -0.2) is 0 Å². The van der Waals surface area contributed by atoms with Crippen LogP contribution in [0.3, 0.4) is 0 Å². The fourth-order valence-corrected chi connectivity index (χ4v) is 2.63. The molecular weight excluding hydrogens is 220 g/mol. The van der Waals surface area contributed by atoms with E-state index < -0.39 is 6.10 Å². The van der Waals surface area contributed by atoms with E-state index in [0.29, 0.717) is 6.42 Å². The highest BCUT2D eigenvalue weighted by molar-refractivity contribution is 7.99. The number of aliphatic hydroxyl groups excluding tert-OH is 1. The van der Waals surface area contributed by atoms with E-state index in [1.54, 1.807) is 18.7 Å². The fraction of sp³-hybridized carbons (Fsp3) is 0.385. The van der Waals surface area contributed by atoms with Crippen molar-refractivity contribution >= 4 is 11.8 Å². The molecule has 1 aliphatic rings. The van der Waals surface area contributed by atoms with Gasteiger partial charge in [-0.15, -0.1) is 23.6 Å². The quantitative estimate of drug-likeness (QED) is 0.796. The van der Waals surface area contributed by atoms with Crippen LogP contribution in [0.5, 0.6) is 5.75 Å². The molecule has 1 N–H and O–H groups in total. The van der Waals surface area contributed by atoms with Crippen LogP contribution in [0.4, 0.5) is 0 Å². The molecule has 0 radical (unpaired) electrons. The first-order valence-electron chi connectivity index (χ1n) is 5.27. The lowest BCUT2D eigenvalue weighted by Gasteiger charge is -2.28. The second kappa shape index (κ2) is 5.29. The van der Waals surface area contributed by atoms with Crippen molar-refractivity contribution in [3.63, 3.8) is 0 Å². The zero-order chi connectivity index (χ0) is 11.4. The van der Waals surface area contributed by atoms with Gasteiger partial charge >= 0.3 is 0 Å². The summed E-state index contributed by atoms with van der Waals surface area (Å²) in [4.78, 5) is 1.15. The monoisotopic (exact) mass is 234 g/mol. The SMILES string of the molecule is CC#CCC(O)C1CSc2ccccc2O1. The summed E-state index contributed by atoms with van der Waals surface area (Å²) in [7, 11) is 0. The number of thioether (sulfide) groups is 1. The Morgan fingerprint density at radius 3 is 3.19 bits per heavy atom. The smallest absolute Gasteiger partial charge is 0.135 e. The van der Waals surface area contributed by atoms with Gasteiger partial charge in [0.25, 0.3) is 0 Å². The van der Waals surface area contributed by atoms with Crippen LogP contribution in [-0.4, -0.2) is 23.1 Å². The molecule has 1 heterocycles. The van der Waals surface area contributed by atoms with Crippen LogP contribution >= 0.6 is 11.8 Å². The van der Waals surface area contributed by atoms with Crippen LogP contribution in [0.25, 0.3) is 0 Å². The van der Waals surface area contributed by atoms with Gasteiger partial charge in [0.15, 0.2) is 0 Å². The fourth-order valence-electron chi connectivity index (χ4n) is 1.56. The molecule has 1 aromatic carbocycles. The summed E-state index contributed by atoms with van der Waals surface area (Å²) in [5.74, 6) is 7.31. The minimum atomic E-state index is -0.506. The van der Waals surface area contributed by atoms with Crippen LogP contribution in [-0.2, 0) is 0 Å². The Morgan fingerprint density at radius 1 is 1.56 bits per heavy atom. The van der Waals surface area contributed by atoms with Gasteiger partial charge in [0.05, 0.1) is 0 Å². The van der Waals surface area contributed by atoms with E-state index in [1.165, 1.54) is 0 Å². The van der Waals surface area contributed by atoms with Crippen molar-refractivity contribution in [3.05, 3.63) is 24.3 Å². The summed E-state index contributed by atoms with van der Waals surface area (Å²) >= 11 is 1.73. The zero-order valence-corrected chi connectivity index (χ0v) is 9.96. The van der Waals surface area contributed by atoms with Crippen molar-refractivity contribution in [3.8, 4) is 17.6 Å². The first-order chi connectivity index (χ1) is 7.81. The van der Waals surface area contributed by atoms with Crippen LogP contribution in [0.1, 0.15) is 13.3 Å². The highest BCUT2D eigenvalue weighted by Gasteiger charge is 2.25. The molecule has 0 aromatic heterocycles. The van der Waals surface area contributed by atoms with E-state index >= 15 is 0 Å². The predicted molar refractivity (Wildman–Crippen MR) is 65.7 cm³/mol. The Kier molecular flexibility index (Phi) is 3.76. The van der Waals surface area contributed by atoms with E-state index in [0.717, 1.165) is 16.4 Å². The minimum absolute atomic E-state index is 0.152. The largest absolute Gasteiger partial charge is 0.486 e. The van der Waals surface area contributed by atoms with Crippen molar-refractivity contribution < 1.29 is 9.84 Å². The zero-order valence-electron chi connectivity index (χ0n) is 9.14. The minimum Gasteiger partial charge on any atom is -0.486 e. The van der Waals surface area contributed by atoms with Crippen LogP contribution < -0.4 is 4.74 Å². The van der Waals surface area contributed by atoms with E-state index in [4.69, 9.17) is 4.74 Å². The van der Waals surface area contributed by atoms with Crippen LogP contribution in [0.15, 0.2) is 29.2 Å². The molecule has 3 heteroatoms. The number of aliphatic hydroxyl groups is 1. The number of rotatable bonds is 2. The molecule has 2 nitrogen and oxygen atoms in total. The van der Waals surface area contributed by atoms with Crippen molar-refractivity contribution in [2.75, 3.05) is 5.75 Å². The van der Waals surface area contributed by atoms with E-state index in [9.17, 15) is 5.11 Å². The molecule has 16 heavy (non-hydrogen) atoms. The third-order valence-electron chi connectivity index (χ3n) is 2.45. The Hall–Kier alpha value is -1.11. The summed E-state index contributed by atoms with van der Waals surface area (Å²) < 4.78 is 5.75. The first-order valence-corrected chi connectivity index (χ1v) is 6.26. The number of hydrogen-bond acceptors (Lipinski definition) is 3. The molecule has 0 bridgehead atoms. The van der Waals surface area contributed by atoms with Crippen molar-refractivity contribution in [2.24, 2.45) is 0 Å². The maximum atomic E-state index is 9.89. The highest BCUT2D eigenvalue weighted by atomic mass is 32.2. The van der Waals surface area contributed by atoms with Gasteiger partial charge in [0.1, 0.15) is 18.0 Å². The summed E-state index contributed by atoms with van der Waals surface area (Å²) in [6, 6.07) is 7.91. The molecule has 2 atom stereocenters. The average Bonchev–Trinajstić information content (AvgIpc) is 2.35. The third kappa shape index (κ3) is 2.52. The first kappa shape index (κ1) is 11.4. The molecule has 2 unspecified atom stereocenters. The lowest BCUT2D eigenvalue weighted by atomic mass is 10.1. The Labute approximate surface area is 100 Å². The molecule has 0 saturated heterocycles. The highest BCUT2D eigenvalue weighted by Crippen LogP contribution is 2.35. The molecule has 0 saturated carbocycles. The van der Waals surface area contributed by atoms with Gasteiger partial charge in [-0.05, 0) is 19.1 Å². The third-order valence-corrected chi connectivity index (χ3v) is 3.59. The summed E-state index contributed by atoms with van der Waals surface area (Å²) in [6.45, 7) is 1.78. The molecular formula is C13H14O2S. The molecule has 2 rings (SSSR count). The molecule has 0 aliphatic carbocycles. The van der Waals surface area contributed by atoms with Gasteiger partial charge in [0, 0.05) is 17.1 Å². The summed E-state index contributed by atoms with van der Waals surface area (Å²) in [6.07, 6.45) is -0.182. The number of para-hydroxylation sites is 1. The van der Waals surface area contributed by atoms with Gasteiger partial charge in [-0.2, -0.15) is 0 Å². The lowest BCUT2D eigenvalue weighted by Crippen LogP contribution is -2.35. The topological polar surface area (TPSA) is 29.5 Å². The summed E-state index contributed by atoms with van der Waals surface area (Å²) in [5, 5.41) is 9.89. The van der Waals surface area contributed by atoms with E-state index in [2.05, 4.69) is 11.8 Å². The standard InChI is InChI=1S/C13H14O2S/c1-2-3-6-10(14)12-9-16-13-8-5-4-7-11(13)15-12/h4-5,7-8,10,12,14H,6,9H2,1H3. The van der Waals surface area contributed by atoms with Crippen LogP contribution in [0.2, 0.25) is 0 Å². The number of fused-ring (bicyclic) bond motifs is 1. The van der Waals surface area contributed by atoms with Crippen molar-refractivity contribution in [2.45, 2.75) is 30.4 Å². The number of hydrogen-bond donors (Lipinski definition) is 1. The second-order valence-electron chi connectivity index (χ2n) is 3.61. The Morgan fingerprint density at radius 2 is 2.38 bits per heavy atom. The van der Waals surface area contributed by atoms with Gasteiger partial charge in [-0.1, -0.05) is 12.1 Å². The molecule has 1 aromatic rings. The van der Waals surface area contributed by atoms with Gasteiger partial charge < -0.3 is 9.84 Å². The maximum absolute atomic E-state index is 9.89. The molecule has 0 fully saturated rings. The summed E-state index contributed by atoms with van der Waals surface area (Å²) in [5.41, 5.74) is 0. The Balaban J connectivity index is 2.04. The second-order valence-corrected chi connectivity index (χ2v) is 4.67. The molecule has 1 aliphatic heterocycles. The molecule has 0 amide bonds. The van der Waals surface area contributed by atoms with E-state index in [1.807, 2.05) is 24.3 Å². The van der Waals surface area contributed by atoms with E-state index in [-0.39, 0.29) is 6.10 Å². The van der Waals surface area contributed by atoms with Crippen molar-refractivity contribution in [1.29, 1.82) is 0 Å². The average molecular weight is 234 g/mol. The van der Waals surface area contributed by atoms with Crippen LogP contribution in [0, 0.1) is 11.8 Å².